The highest BCUT2D eigenvalue weighted by atomic mass is 16.2. The summed E-state index contributed by atoms with van der Waals surface area (Å²) in [6.45, 7) is 4.09. The molecule has 1 aromatic heterocycles. The van der Waals surface area contributed by atoms with E-state index in [1.807, 2.05) is 57.1 Å². The number of H-pyrrole nitrogens is 2. The number of hydrogen-bond acceptors (Lipinski definition) is 5. The van der Waals surface area contributed by atoms with Crippen molar-refractivity contribution in [3.05, 3.63) is 67.6 Å². The van der Waals surface area contributed by atoms with Gasteiger partial charge in [0.2, 0.25) is 0 Å². The van der Waals surface area contributed by atoms with Crippen LogP contribution in [-0.4, -0.2) is 29.8 Å². The summed E-state index contributed by atoms with van der Waals surface area (Å²) in [5, 5.41) is 3.15. The van der Waals surface area contributed by atoms with Crippen LogP contribution in [0.2, 0.25) is 0 Å². The van der Waals surface area contributed by atoms with E-state index in [-0.39, 0.29) is 11.2 Å². The third-order valence-electron chi connectivity index (χ3n) is 5.49. The van der Waals surface area contributed by atoms with Gasteiger partial charge in [0.15, 0.2) is 5.78 Å². The number of anilines is 2. The van der Waals surface area contributed by atoms with Crippen molar-refractivity contribution >= 4 is 17.2 Å². The van der Waals surface area contributed by atoms with Gasteiger partial charge in [-0.1, -0.05) is 26.0 Å². The fourth-order valence-corrected chi connectivity index (χ4v) is 4.22. The molecule has 2 aliphatic rings. The molecule has 1 unspecified atom stereocenters. The smallest absolute Gasteiger partial charge is 0.326 e. The van der Waals surface area contributed by atoms with Crippen molar-refractivity contribution in [1.82, 2.24) is 9.97 Å². The Labute approximate surface area is 162 Å². The summed E-state index contributed by atoms with van der Waals surface area (Å²) in [5.41, 5.74) is 2.83. The minimum atomic E-state index is -0.576. The van der Waals surface area contributed by atoms with Crippen molar-refractivity contribution in [2.24, 2.45) is 5.41 Å². The third-order valence-corrected chi connectivity index (χ3v) is 5.49. The van der Waals surface area contributed by atoms with Crippen LogP contribution in [0.5, 0.6) is 0 Å². The summed E-state index contributed by atoms with van der Waals surface area (Å²) in [5.74, 6) is -0.423. The molecule has 0 amide bonds. The maximum Gasteiger partial charge on any atom is 0.326 e. The Morgan fingerprint density at radius 2 is 1.68 bits per heavy atom. The number of aromatic amines is 2. The number of aromatic nitrogens is 2. The first kappa shape index (κ1) is 18.3. The Hall–Kier alpha value is -3.09. The van der Waals surface area contributed by atoms with Crippen LogP contribution in [0, 0.1) is 5.41 Å². The van der Waals surface area contributed by atoms with Crippen molar-refractivity contribution < 1.29 is 4.79 Å². The molecule has 0 radical (unpaired) electrons. The topological polar surface area (TPSA) is 98.1 Å². The lowest BCUT2D eigenvalue weighted by Crippen LogP contribution is -2.38. The zero-order valence-electron chi connectivity index (χ0n) is 16.5. The number of ketones is 1. The first-order chi connectivity index (χ1) is 13.2. The number of Topliss-reactive ketones (excluding diaryl/α,β-unsaturated/α-hetero) is 1. The molecule has 1 atom stereocenters. The Morgan fingerprint density at radius 3 is 2.32 bits per heavy atom. The average molecular weight is 380 g/mol. The monoisotopic (exact) mass is 380 g/mol. The Bertz CT molecular complexity index is 1100. The van der Waals surface area contributed by atoms with Gasteiger partial charge in [0.25, 0.3) is 5.56 Å². The number of allylic oxidation sites excluding steroid dienone is 2. The quantitative estimate of drug-likeness (QED) is 0.743. The first-order valence-corrected chi connectivity index (χ1v) is 9.33. The summed E-state index contributed by atoms with van der Waals surface area (Å²) >= 11 is 0. The molecule has 0 bridgehead atoms. The molecule has 2 heterocycles. The van der Waals surface area contributed by atoms with E-state index in [2.05, 4.69) is 15.3 Å². The summed E-state index contributed by atoms with van der Waals surface area (Å²) in [6.07, 6.45) is 1.10. The van der Waals surface area contributed by atoms with Crippen molar-refractivity contribution in [1.29, 1.82) is 0 Å². The second-order valence-corrected chi connectivity index (χ2v) is 8.57. The highest BCUT2D eigenvalue weighted by Gasteiger charge is 2.41. The number of hydrogen-bond donors (Lipinski definition) is 3. The fraction of sp³-hybridized carbons (Fsp3) is 0.381. The zero-order chi connectivity index (χ0) is 20.2. The molecule has 0 fully saturated rings. The number of carbonyl (C=O) groups is 1. The molecule has 1 aliphatic carbocycles. The van der Waals surface area contributed by atoms with Crippen LogP contribution in [0.3, 0.4) is 0 Å². The van der Waals surface area contributed by atoms with Crippen LogP contribution in [0.4, 0.5) is 11.4 Å². The van der Waals surface area contributed by atoms with Gasteiger partial charge in [-0.25, -0.2) is 4.79 Å². The summed E-state index contributed by atoms with van der Waals surface area (Å²) in [4.78, 5) is 44.6. The van der Waals surface area contributed by atoms with Crippen LogP contribution in [0.15, 0.2) is 45.1 Å². The van der Waals surface area contributed by atoms with Gasteiger partial charge >= 0.3 is 5.69 Å². The van der Waals surface area contributed by atoms with Crippen LogP contribution in [-0.2, 0) is 4.79 Å². The van der Waals surface area contributed by atoms with Crippen molar-refractivity contribution in [2.75, 3.05) is 24.3 Å². The van der Waals surface area contributed by atoms with E-state index >= 15 is 0 Å². The Balaban J connectivity index is 1.95. The van der Waals surface area contributed by atoms with Crippen molar-refractivity contribution in [3.63, 3.8) is 0 Å². The van der Waals surface area contributed by atoms with Gasteiger partial charge in [-0.15, -0.1) is 0 Å². The molecule has 0 saturated carbocycles. The maximum atomic E-state index is 13.1. The Kier molecular flexibility index (Phi) is 4.06. The van der Waals surface area contributed by atoms with Gasteiger partial charge in [-0.2, -0.15) is 0 Å². The molecule has 1 aromatic carbocycles. The van der Waals surface area contributed by atoms with Crippen LogP contribution >= 0.6 is 0 Å². The van der Waals surface area contributed by atoms with Gasteiger partial charge in [0.05, 0.1) is 11.6 Å². The van der Waals surface area contributed by atoms with E-state index in [9.17, 15) is 14.4 Å². The van der Waals surface area contributed by atoms with Crippen molar-refractivity contribution in [3.8, 4) is 0 Å². The summed E-state index contributed by atoms with van der Waals surface area (Å²) < 4.78 is 0. The molecule has 4 rings (SSSR count). The molecule has 28 heavy (non-hydrogen) atoms. The molecule has 1 aliphatic heterocycles. The molecule has 3 N–H and O–H groups in total. The number of nitrogens with zero attached hydrogens (tertiary/aromatic N) is 1. The van der Waals surface area contributed by atoms with E-state index in [4.69, 9.17) is 0 Å². The lowest BCUT2D eigenvalue weighted by atomic mass is 9.70. The standard InChI is InChI=1S/C21H24N4O3/c1-21(2)9-13-16(14(26)10-21)15(11-5-7-12(8-6-11)25(3)4)17-18(22-13)19(27)24-20(28)23-17/h5-8,15,22H,9-10H2,1-4H3,(H2,23,24,27,28). The molecular formula is C21H24N4O3. The van der Waals surface area contributed by atoms with Crippen molar-refractivity contribution in [2.45, 2.75) is 32.6 Å². The highest BCUT2D eigenvalue weighted by Crippen LogP contribution is 2.47. The SMILES string of the molecule is CN(C)c1ccc(C2C3=C(CC(C)(C)CC3=O)Nc3c2[nH]c(=O)[nH]c3=O)cc1. The third kappa shape index (κ3) is 2.96. The van der Waals surface area contributed by atoms with E-state index in [1.165, 1.54) is 0 Å². The molecule has 7 heteroatoms. The molecule has 0 saturated heterocycles. The van der Waals surface area contributed by atoms with E-state index in [0.29, 0.717) is 29.8 Å². The number of carbonyl (C=O) groups excluding carboxylic acids is 1. The fourth-order valence-electron chi connectivity index (χ4n) is 4.22. The van der Waals surface area contributed by atoms with Gasteiger partial charge in [0, 0.05) is 37.5 Å². The van der Waals surface area contributed by atoms with E-state index in [0.717, 1.165) is 16.9 Å². The highest BCUT2D eigenvalue weighted by molar-refractivity contribution is 6.01. The second-order valence-electron chi connectivity index (χ2n) is 8.57. The molecular weight excluding hydrogens is 356 g/mol. The molecule has 0 spiro atoms. The summed E-state index contributed by atoms with van der Waals surface area (Å²) in [7, 11) is 3.92. The lowest BCUT2D eigenvalue weighted by Gasteiger charge is -2.38. The maximum absolute atomic E-state index is 13.1. The molecule has 146 valence electrons. The number of rotatable bonds is 2. The van der Waals surface area contributed by atoms with Crippen LogP contribution in [0.1, 0.15) is 43.9 Å². The largest absolute Gasteiger partial charge is 0.378 e. The minimum Gasteiger partial charge on any atom is -0.378 e. The first-order valence-electron chi connectivity index (χ1n) is 9.33. The van der Waals surface area contributed by atoms with Crippen LogP contribution in [0.25, 0.3) is 0 Å². The van der Waals surface area contributed by atoms with Gasteiger partial charge in [-0.3, -0.25) is 14.6 Å². The Morgan fingerprint density at radius 1 is 1.00 bits per heavy atom. The average Bonchev–Trinajstić information content (AvgIpc) is 2.59. The van der Waals surface area contributed by atoms with Crippen LogP contribution < -0.4 is 21.5 Å². The van der Waals surface area contributed by atoms with E-state index in [1.54, 1.807) is 0 Å². The zero-order valence-corrected chi connectivity index (χ0v) is 16.5. The number of nitrogens with one attached hydrogen (secondary N) is 3. The normalized spacial score (nSPS) is 20.3. The second kappa shape index (κ2) is 6.22. The number of benzene rings is 1. The van der Waals surface area contributed by atoms with E-state index < -0.39 is 17.2 Å². The van der Waals surface area contributed by atoms with Gasteiger partial charge < -0.3 is 15.2 Å². The predicted molar refractivity (Wildman–Crippen MR) is 109 cm³/mol. The number of fused-ring (bicyclic) bond motifs is 1. The van der Waals surface area contributed by atoms with Gasteiger partial charge in [-0.05, 0) is 29.5 Å². The molecule has 7 nitrogen and oxygen atoms in total. The predicted octanol–water partition coefficient (Wildman–Crippen LogP) is 2.33. The summed E-state index contributed by atoms with van der Waals surface area (Å²) in [6, 6.07) is 7.85. The lowest BCUT2D eigenvalue weighted by molar-refractivity contribution is -0.118. The molecule has 2 aromatic rings. The minimum absolute atomic E-state index is 0.0483. The van der Waals surface area contributed by atoms with Gasteiger partial charge in [0.1, 0.15) is 5.69 Å².